The molecule has 0 atom stereocenters. The molecule has 0 fully saturated rings. The lowest BCUT2D eigenvalue weighted by Crippen LogP contribution is -1.99. The summed E-state index contributed by atoms with van der Waals surface area (Å²) in [6.45, 7) is 0. The smallest absolute Gasteiger partial charge is 0.280 e. The van der Waals surface area contributed by atoms with Crippen LogP contribution in [0.5, 0.6) is 5.75 Å². The van der Waals surface area contributed by atoms with E-state index in [0.717, 1.165) is 0 Å². The van der Waals surface area contributed by atoms with Gasteiger partial charge in [0.2, 0.25) is 0 Å². The second-order valence-electron chi connectivity index (χ2n) is 1.98. The van der Waals surface area contributed by atoms with Crippen molar-refractivity contribution in [3.05, 3.63) is 24.3 Å². The molecule has 0 saturated heterocycles. The number of carbonyl (C=O) groups is 1. The van der Waals surface area contributed by atoms with Crippen molar-refractivity contribution in [3.8, 4) is 5.75 Å². The summed E-state index contributed by atoms with van der Waals surface area (Å²) >= 11 is 3.52. The number of anilines is 1. The van der Waals surface area contributed by atoms with Crippen LogP contribution >= 0.6 is 12.6 Å². The van der Waals surface area contributed by atoms with Crippen LogP contribution < -0.4 is 5.32 Å². The summed E-state index contributed by atoms with van der Waals surface area (Å²) in [5.41, 5.74) is 0.614. The molecule has 1 rings (SSSR count). The summed E-state index contributed by atoms with van der Waals surface area (Å²) in [6.07, 6.45) is 0. The van der Waals surface area contributed by atoms with Gasteiger partial charge in [-0.05, 0) is 24.3 Å². The fourth-order valence-electron chi connectivity index (χ4n) is 0.668. The second kappa shape index (κ2) is 3.30. The van der Waals surface area contributed by atoms with E-state index in [1.54, 1.807) is 12.1 Å². The van der Waals surface area contributed by atoms with E-state index in [2.05, 4.69) is 17.9 Å². The lowest BCUT2D eigenvalue weighted by atomic mass is 10.3. The van der Waals surface area contributed by atoms with Crippen LogP contribution in [0.3, 0.4) is 0 Å². The average molecular weight is 169 g/mol. The van der Waals surface area contributed by atoms with Crippen LogP contribution in [0.1, 0.15) is 0 Å². The van der Waals surface area contributed by atoms with Gasteiger partial charge in [0.05, 0.1) is 0 Å². The lowest BCUT2D eigenvalue weighted by Gasteiger charge is -1.99. The number of benzene rings is 1. The zero-order chi connectivity index (χ0) is 8.27. The highest BCUT2D eigenvalue weighted by atomic mass is 32.1. The van der Waals surface area contributed by atoms with E-state index in [9.17, 15) is 4.79 Å². The number of hydrogen-bond acceptors (Lipinski definition) is 2. The number of rotatable bonds is 1. The molecule has 0 aliphatic carbocycles. The van der Waals surface area contributed by atoms with E-state index < -0.39 is 5.24 Å². The van der Waals surface area contributed by atoms with E-state index in [-0.39, 0.29) is 5.75 Å². The molecule has 0 heterocycles. The normalized spacial score (nSPS) is 9.18. The van der Waals surface area contributed by atoms with Crippen LogP contribution in [0, 0.1) is 0 Å². The van der Waals surface area contributed by atoms with Crippen molar-refractivity contribution in [3.63, 3.8) is 0 Å². The number of nitrogens with one attached hydrogen (secondary N) is 1. The summed E-state index contributed by atoms with van der Waals surface area (Å²) in [6, 6.07) is 6.14. The summed E-state index contributed by atoms with van der Waals surface area (Å²) in [4.78, 5) is 10.4. The van der Waals surface area contributed by atoms with Gasteiger partial charge in [-0.3, -0.25) is 4.79 Å². The third-order valence-electron chi connectivity index (χ3n) is 1.12. The number of aromatic hydroxyl groups is 1. The predicted octanol–water partition coefficient (Wildman–Crippen LogP) is 1.85. The summed E-state index contributed by atoms with van der Waals surface area (Å²) in [5.74, 6) is 0.169. The van der Waals surface area contributed by atoms with E-state index >= 15 is 0 Å². The van der Waals surface area contributed by atoms with Gasteiger partial charge in [0.25, 0.3) is 5.24 Å². The molecular formula is C7H7NO2S. The van der Waals surface area contributed by atoms with Gasteiger partial charge in [0.15, 0.2) is 0 Å². The van der Waals surface area contributed by atoms with E-state index in [1.165, 1.54) is 12.1 Å². The molecule has 0 spiro atoms. The first-order valence-corrected chi connectivity index (χ1v) is 3.42. The Morgan fingerprint density at radius 1 is 1.36 bits per heavy atom. The Morgan fingerprint density at radius 3 is 2.36 bits per heavy atom. The van der Waals surface area contributed by atoms with Crippen molar-refractivity contribution >= 4 is 23.6 Å². The van der Waals surface area contributed by atoms with Crippen LogP contribution in [0.15, 0.2) is 24.3 Å². The van der Waals surface area contributed by atoms with Crippen LogP contribution in [-0.4, -0.2) is 10.3 Å². The maximum absolute atomic E-state index is 10.4. The molecular weight excluding hydrogens is 162 g/mol. The fraction of sp³-hybridized carbons (Fsp3) is 0. The molecule has 3 nitrogen and oxygen atoms in total. The molecule has 0 unspecified atom stereocenters. The Hall–Kier alpha value is -1.16. The van der Waals surface area contributed by atoms with E-state index in [0.29, 0.717) is 5.69 Å². The highest BCUT2D eigenvalue weighted by Gasteiger charge is 1.94. The van der Waals surface area contributed by atoms with Gasteiger partial charge in [-0.25, -0.2) is 0 Å². The monoisotopic (exact) mass is 169 g/mol. The van der Waals surface area contributed by atoms with Gasteiger partial charge < -0.3 is 10.4 Å². The van der Waals surface area contributed by atoms with Crippen LogP contribution in [-0.2, 0) is 0 Å². The zero-order valence-corrected chi connectivity index (χ0v) is 6.51. The Labute approximate surface area is 69.5 Å². The number of thiol groups is 1. The van der Waals surface area contributed by atoms with Gasteiger partial charge in [0, 0.05) is 5.69 Å². The number of carbonyl (C=O) groups excluding carboxylic acids is 1. The summed E-state index contributed by atoms with van der Waals surface area (Å²) in [5, 5.41) is 10.9. The molecule has 4 heteroatoms. The van der Waals surface area contributed by atoms with E-state index in [4.69, 9.17) is 5.11 Å². The van der Waals surface area contributed by atoms with Crippen LogP contribution in [0.4, 0.5) is 10.5 Å². The van der Waals surface area contributed by atoms with Gasteiger partial charge >= 0.3 is 0 Å². The van der Waals surface area contributed by atoms with Crippen molar-refractivity contribution in [2.24, 2.45) is 0 Å². The third-order valence-corrected chi connectivity index (χ3v) is 1.23. The SMILES string of the molecule is O=C(S)Nc1ccc(O)cc1. The number of phenols is 1. The van der Waals surface area contributed by atoms with Crippen molar-refractivity contribution in [2.45, 2.75) is 0 Å². The number of hydrogen-bond donors (Lipinski definition) is 3. The maximum Gasteiger partial charge on any atom is 0.280 e. The molecule has 11 heavy (non-hydrogen) atoms. The Kier molecular flexibility index (Phi) is 2.38. The minimum absolute atomic E-state index is 0.169. The van der Waals surface area contributed by atoms with Gasteiger partial charge in [-0.1, -0.05) is 12.6 Å². The van der Waals surface area contributed by atoms with E-state index in [1.807, 2.05) is 0 Å². The molecule has 1 aromatic rings. The standard InChI is InChI=1S/C7H7NO2S/c9-6-3-1-5(2-4-6)8-7(10)11/h1-4,9H,(H2,8,10,11). The van der Waals surface area contributed by atoms with Gasteiger partial charge in [-0.15, -0.1) is 0 Å². The maximum atomic E-state index is 10.4. The summed E-state index contributed by atoms with van der Waals surface area (Å²) in [7, 11) is 0. The first-order valence-electron chi connectivity index (χ1n) is 2.97. The first kappa shape index (κ1) is 7.94. The highest BCUT2D eigenvalue weighted by Crippen LogP contribution is 2.13. The van der Waals surface area contributed by atoms with Gasteiger partial charge in [-0.2, -0.15) is 0 Å². The Balaban J connectivity index is 2.74. The molecule has 0 aliphatic heterocycles. The van der Waals surface area contributed by atoms with Gasteiger partial charge in [0.1, 0.15) is 5.75 Å². The summed E-state index contributed by atoms with van der Waals surface area (Å²) < 4.78 is 0. The number of amides is 1. The molecule has 0 aromatic heterocycles. The fourth-order valence-corrected chi connectivity index (χ4v) is 0.797. The predicted molar refractivity (Wildman–Crippen MR) is 46.1 cm³/mol. The molecule has 0 saturated carbocycles. The molecule has 58 valence electrons. The highest BCUT2D eigenvalue weighted by molar-refractivity contribution is 7.96. The topological polar surface area (TPSA) is 49.3 Å². The largest absolute Gasteiger partial charge is 0.508 e. The third kappa shape index (κ3) is 2.51. The second-order valence-corrected chi connectivity index (χ2v) is 2.38. The Bertz CT molecular complexity index is 258. The lowest BCUT2D eigenvalue weighted by molar-refractivity contribution is 0.270. The molecule has 1 amide bonds. The number of phenolic OH excluding ortho intramolecular Hbond substituents is 1. The van der Waals surface area contributed by atoms with Crippen molar-refractivity contribution in [2.75, 3.05) is 5.32 Å². The minimum atomic E-state index is -0.421. The van der Waals surface area contributed by atoms with Crippen LogP contribution in [0.2, 0.25) is 0 Å². The molecule has 0 radical (unpaired) electrons. The Morgan fingerprint density at radius 2 is 1.91 bits per heavy atom. The molecule has 0 bridgehead atoms. The van der Waals surface area contributed by atoms with Crippen LogP contribution in [0.25, 0.3) is 0 Å². The van der Waals surface area contributed by atoms with Crippen molar-refractivity contribution < 1.29 is 9.90 Å². The van der Waals surface area contributed by atoms with Crippen molar-refractivity contribution in [1.82, 2.24) is 0 Å². The molecule has 1 aromatic carbocycles. The van der Waals surface area contributed by atoms with Crippen molar-refractivity contribution in [1.29, 1.82) is 0 Å². The first-order chi connectivity index (χ1) is 5.18. The molecule has 2 N–H and O–H groups in total. The average Bonchev–Trinajstić information content (AvgIpc) is 1.93. The zero-order valence-electron chi connectivity index (χ0n) is 5.61. The molecule has 0 aliphatic rings. The quantitative estimate of drug-likeness (QED) is 0.444. The minimum Gasteiger partial charge on any atom is -0.508 e.